The summed E-state index contributed by atoms with van der Waals surface area (Å²) in [5, 5.41) is 8.31. The molecule has 1 unspecified atom stereocenters. The maximum Gasteiger partial charge on any atom is 0.416 e. The Morgan fingerprint density at radius 1 is 1.34 bits per heavy atom. The van der Waals surface area contributed by atoms with Crippen molar-refractivity contribution in [2.45, 2.75) is 51.0 Å². The lowest BCUT2D eigenvalue weighted by Gasteiger charge is -2.34. The van der Waals surface area contributed by atoms with Gasteiger partial charge in [0.2, 0.25) is 11.6 Å². The number of alkyl halides is 3. The fourth-order valence-electron chi connectivity index (χ4n) is 3.11. The molecule has 0 bridgehead atoms. The number of halogens is 3. The smallest absolute Gasteiger partial charge is 0.353 e. The van der Waals surface area contributed by atoms with Gasteiger partial charge in [0.05, 0.1) is 17.8 Å². The molecule has 1 fully saturated rings. The zero-order valence-corrected chi connectivity index (χ0v) is 16.1. The Labute approximate surface area is 166 Å². The van der Waals surface area contributed by atoms with Gasteiger partial charge in [0.25, 0.3) is 5.91 Å². The summed E-state index contributed by atoms with van der Waals surface area (Å²) in [6, 6.07) is 4.05. The van der Waals surface area contributed by atoms with Crippen molar-refractivity contribution in [2.75, 3.05) is 0 Å². The second kappa shape index (κ2) is 7.88. The Morgan fingerprint density at radius 3 is 2.69 bits per heavy atom. The molecule has 1 aromatic rings. The summed E-state index contributed by atoms with van der Waals surface area (Å²) in [5.41, 5.74) is -1.52. The van der Waals surface area contributed by atoms with E-state index >= 15 is 0 Å². The maximum absolute atomic E-state index is 13.0. The molecule has 0 radical (unpaired) electrons. The molecular formula is C20H23F3N4O2. The van der Waals surface area contributed by atoms with Gasteiger partial charge in [-0.1, -0.05) is 12.1 Å². The monoisotopic (exact) mass is 408 g/mol. The van der Waals surface area contributed by atoms with E-state index in [-0.39, 0.29) is 5.91 Å². The SMILES string of the molecule is CC1=CN=C[C@@](NC(=O)CC2CC2)(C(=O)NC(C)c2cccc(C(F)(F)F)c2)N1. The number of aliphatic imine (C=N–C) groups is 1. The van der Waals surface area contributed by atoms with E-state index < -0.39 is 29.4 Å². The van der Waals surface area contributed by atoms with Crippen LogP contribution in [0.2, 0.25) is 0 Å². The molecule has 1 aliphatic carbocycles. The Bertz CT molecular complexity index is 862. The van der Waals surface area contributed by atoms with Gasteiger partial charge in [0.15, 0.2) is 0 Å². The van der Waals surface area contributed by atoms with Crippen LogP contribution in [-0.4, -0.2) is 23.7 Å². The van der Waals surface area contributed by atoms with Crippen molar-refractivity contribution in [1.29, 1.82) is 0 Å². The number of nitrogens with zero attached hydrogens (tertiary/aromatic N) is 1. The normalized spacial score (nSPS) is 22.3. The lowest BCUT2D eigenvalue weighted by atomic mass is 10.0. The Balaban J connectivity index is 1.76. The molecule has 156 valence electrons. The molecule has 29 heavy (non-hydrogen) atoms. The first kappa shape index (κ1) is 20.9. The molecule has 9 heteroatoms. The molecule has 1 saturated carbocycles. The highest BCUT2D eigenvalue weighted by Crippen LogP contribution is 2.32. The third-order valence-electron chi connectivity index (χ3n) is 4.86. The third kappa shape index (κ3) is 5.16. The van der Waals surface area contributed by atoms with E-state index in [1.807, 2.05) is 0 Å². The third-order valence-corrected chi connectivity index (χ3v) is 4.86. The predicted octanol–water partition coefficient (Wildman–Crippen LogP) is 3.03. The second-order valence-corrected chi connectivity index (χ2v) is 7.54. The van der Waals surface area contributed by atoms with E-state index in [0.717, 1.165) is 25.0 Å². The topological polar surface area (TPSA) is 82.6 Å². The average Bonchev–Trinajstić information content (AvgIpc) is 3.44. The molecule has 0 saturated heterocycles. The summed E-state index contributed by atoms with van der Waals surface area (Å²) in [6.07, 6.45) is 0.612. The summed E-state index contributed by atoms with van der Waals surface area (Å²) in [5.74, 6) is -0.568. The van der Waals surface area contributed by atoms with Gasteiger partial charge in [0.1, 0.15) is 0 Å². The average molecular weight is 408 g/mol. The van der Waals surface area contributed by atoms with Gasteiger partial charge in [0, 0.05) is 18.3 Å². The lowest BCUT2D eigenvalue weighted by molar-refractivity contribution is -0.137. The van der Waals surface area contributed by atoms with Crippen LogP contribution in [0, 0.1) is 5.92 Å². The number of benzene rings is 1. The van der Waals surface area contributed by atoms with Crippen LogP contribution in [0.15, 0.2) is 41.2 Å². The highest BCUT2D eigenvalue weighted by atomic mass is 19.4. The Morgan fingerprint density at radius 2 is 2.07 bits per heavy atom. The molecule has 3 rings (SSSR count). The molecular weight excluding hydrogens is 385 g/mol. The summed E-state index contributed by atoms with van der Waals surface area (Å²) >= 11 is 0. The fourth-order valence-corrected chi connectivity index (χ4v) is 3.11. The first-order chi connectivity index (χ1) is 13.6. The summed E-state index contributed by atoms with van der Waals surface area (Å²) < 4.78 is 38.9. The van der Waals surface area contributed by atoms with E-state index in [9.17, 15) is 22.8 Å². The largest absolute Gasteiger partial charge is 0.416 e. The van der Waals surface area contributed by atoms with E-state index in [1.54, 1.807) is 13.8 Å². The number of nitrogens with one attached hydrogen (secondary N) is 3. The minimum atomic E-state index is -4.47. The van der Waals surface area contributed by atoms with Gasteiger partial charge in [-0.25, -0.2) is 0 Å². The molecule has 1 aliphatic heterocycles. The highest BCUT2D eigenvalue weighted by Gasteiger charge is 2.41. The van der Waals surface area contributed by atoms with Gasteiger partial charge in [-0.2, -0.15) is 13.2 Å². The number of rotatable bonds is 6. The summed E-state index contributed by atoms with van der Waals surface area (Å²) in [7, 11) is 0. The molecule has 2 atom stereocenters. The number of amides is 2. The molecule has 3 N–H and O–H groups in total. The number of hydrogen-bond donors (Lipinski definition) is 3. The standard InChI is InChI=1S/C20H23F3N4O2/c1-12-10-24-11-19(26-12,27-17(28)8-14-6-7-14)18(29)25-13(2)15-4-3-5-16(9-15)20(21,22)23/h3-5,9-11,13-14,26H,6-8H2,1-2H3,(H,25,29)(H,27,28)/t13?,19-/m1/s1. The summed E-state index contributed by atoms with van der Waals surface area (Å²) in [4.78, 5) is 29.4. The van der Waals surface area contributed by atoms with Gasteiger partial charge >= 0.3 is 6.18 Å². The van der Waals surface area contributed by atoms with Crippen LogP contribution >= 0.6 is 0 Å². The van der Waals surface area contributed by atoms with E-state index in [4.69, 9.17) is 0 Å². The van der Waals surface area contributed by atoms with Gasteiger partial charge in [-0.3, -0.25) is 14.6 Å². The van der Waals surface area contributed by atoms with Crippen molar-refractivity contribution in [1.82, 2.24) is 16.0 Å². The van der Waals surface area contributed by atoms with E-state index in [1.165, 1.54) is 24.5 Å². The fraction of sp³-hybridized carbons (Fsp3) is 0.450. The van der Waals surface area contributed by atoms with Crippen molar-refractivity contribution < 1.29 is 22.8 Å². The zero-order chi connectivity index (χ0) is 21.2. The van der Waals surface area contributed by atoms with Gasteiger partial charge < -0.3 is 16.0 Å². The summed E-state index contributed by atoms with van der Waals surface area (Å²) in [6.45, 7) is 3.28. The van der Waals surface area contributed by atoms with Crippen LogP contribution in [0.25, 0.3) is 0 Å². The van der Waals surface area contributed by atoms with Crippen molar-refractivity contribution in [2.24, 2.45) is 10.9 Å². The first-order valence-corrected chi connectivity index (χ1v) is 9.37. The van der Waals surface area contributed by atoms with Crippen LogP contribution in [0.4, 0.5) is 13.2 Å². The zero-order valence-electron chi connectivity index (χ0n) is 16.1. The Kier molecular flexibility index (Phi) is 5.68. The second-order valence-electron chi connectivity index (χ2n) is 7.54. The number of hydrogen-bond acceptors (Lipinski definition) is 4. The van der Waals surface area contributed by atoms with Crippen LogP contribution in [0.3, 0.4) is 0 Å². The molecule has 2 aliphatic rings. The lowest BCUT2D eigenvalue weighted by Crippen LogP contribution is -2.68. The molecule has 0 spiro atoms. The van der Waals surface area contributed by atoms with Crippen LogP contribution in [-0.2, 0) is 15.8 Å². The minimum Gasteiger partial charge on any atom is -0.353 e. The minimum absolute atomic E-state index is 0.289. The van der Waals surface area contributed by atoms with E-state index in [2.05, 4.69) is 20.9 Å². The van der Waals surface area contributed by atoms with Crippen LogP contribution < -0.4 is 16.0 Å². The van der Waals surface area contributed by atoms with Crippen molar-refractivity contribution in [3.8, 4) is 0 Å². The maximum atomic E-state index is 13.0. The van der Waals surface area contributed by atoms with Gasteiger partial charge in [-0.05, 0) is 50.3 Å². The number of carbonyl (C=O) groups excluding carboxylic acids is 2. The van der Waals surface area contributed by atoms with Gasteiger partial charge in [-0.15, -0.1) is 0 Å². The number of allylic oxidation sites excluding steroid dienone is 1. The van der Waals surface area contributed by atoms with Crippen molar-refractivity contribution >= 4 is 18.0 Å². The predicted molar refractivity (Wildman–Crippen MR) is 102 cm³/mol. The molecule has 6 nitrogen and oxygen atoms in total. The molecule has 1 heterocycles. The quantitative estimate of drug-likeness (QED) is 0.677. The number of carbonyl (C=O) groups is 2. The molecule has 0 aromatic heterocycles. The van der Waals surface area contributed by atoms with E-state index in [0.29, 0.717) is 23.6 Å². The molecule has 1 aromatic carbocycles. The molecule has 2 amide bonds. The Hall–Kier alpha value is -2.84. The van der Waals surface area contributed by atoms with Crippen LogP contribution in [0.1, 0.15) is 50.3 Å². The van der Waals surface area contributed by atoms with Crippen molar-refractivity contribution in [3.05, 3.63) is 47.3 Å². The van der Waals surface area contributed by atoms with Crippen LogP contribution in [0.5, 0.6) is 0 Å². The first-order valence-electron chi connectivity index (χ1n) is 9.37. The highest BCUT2D eigenvalue weighted by molar-refractivity contribution is 6.06. The van der Waals surface area contributed by atoms with Crippen molar-refractivity contribution in [3.63, 3.8) is 0 Å².